The predicted molar refractivity (Wildman–Crippen MR) is 74.5 cm³/mol. The summed E-state index contributed by atoms with van der Waals surface area (Å²) in [4.78, 5) is 0. The number of hydrogen-bond acceptors (Lipinski definition) is 9. The van der Waals surface area contributed by atoms with Gasteiger partial charge in [0.25, 0.3) is 0 Å². The van der Waals surface area contributed by atoms with Crippen LogP contribution in [0.1, 0.15) is 13.8 Å². The Morgan fingerprint density at radius 3 is 1.05 bits per heavy atom. The molecule has 0 bridgehead atoms. The van der Waals surface area contributed by atoms with E-state index in [9.17, 15) is 0 Å². The van der Waals surface area contributed by atoms with E-state index in [0.29, 0.717) is 0 Å². The molecule has 4 atom stereocenters. The summed E-state index contributed by atoms with van der Waals surface area (Å²) in [5, 5.41) is 67.4. The minimum absolute atomic E-state index is 0.125. The lowest BCUT2D eigenvalue weighted by Crippen LogP contribution is -2.46. The maximum Gasteiger partial charge on any atom is 0.111 e. The van der Waals surface area contributed by atoms with Gasteiger partial charge in [0.05, 0.1) is 26.4 Å². The first-order valence-corrected chi connectivity index (χ1v) is 6.61. The van der Waals surface area contributed by atoms with Crippen LogP contribution >= 0.6 is 0 Å². The molecule has 0 radical (unpaired) electrons. The van der Waals surface area contributed by atoms with Crippen molar-refractivity contribution in [1.29, 1.82) is 0 Å². The topological polar surface area (TPSA) is 171 Å². The van der Waals surface area contributed by atoms with Crippen LogP contribution in [0.4, 0.5) is 0 Å². The highest BCUT2D eigenvalue weighted by atomic mass is 16.5. The summed E-state index contributed by atoms with van der Waals surface area (Å²) < 4.78 is 4.83. The first-order chi connectivity index (χ1) is 9.87. The first-order valence-electron chi connectivity index (χ1n) is 6.61. The molecule has 0 heterocycles. The largest absolute Gasteiger partial charge is 0.394 e. The zero-order chi connectivity index (χ0) is 17.3. The smallest absolute Gasteiger partial charge is 0.111 e. The maximum atomic E-state index is 8.96. The molecule has 0 amide bonds. The molecule has 0 rings (SSSR count). The molecule has 0 fully saturated rings. The van der Waals surface area contributed by atoms with Crippen molar-refractivity contribution in [2.75, 3.05) is 39.6 Å². The van der Waals surface area contributed by atoms with Crippen molar-refractivity contribution >= 4 is 0 Å². The van der Waals surface area contributed by atoms with Gasteiger partial charge in [0, 0.05) is 13.2 Å². The Balaban J connectivity index is -0.000000297. The maximum absolute atomic E-state index is 8.96. The lowest BCUT2D eigenvalue weighted by molar-refractivity contribution is -0.123. The van der Waals surface area contributed by atoms with Crippen LogP contribution in [0.25, 0.3) is 0 Å². The van der Waals surface area contributed by atoms with Gasteiger partial charge in [0.1, 0.15) is 24.4 Å². The number of rotatable bonds is 8. The van der Waals surface area contributed by atoms with Crippen LogP contribution in [0.3, 0.4) is 0 Å². The molecule has 0 aliphatic heterocycles. The molecule has 8 N–H and O–H groups in total. The lowest BCUT2D eigenvalue weighted by atomic mass is 10.0. The molecule has 21 heavy (non-hydrogen) atoms. The van der Waals surface area contributed by atoms with E-state index in [1.54, 1.807) is 0 Å². The van der Waals surface area contributed by atoms with Crippen LogP contribution in [0.2, 0.25) is 0 Å². The molecule has 0 aliphatic carbocycles. The van der Waals surface area contributed by atoms with Crippen LogP contribution in [-0.4, -0.2) is 105 Å². The Hall–Kier alpha value is -0.360. The molecule has 0 aromatic heterocycles. The Morgan fingerprint density at radius 2 is 0.952 bits per heavy atom. The summed E-state index contributed by atoms with van der Waals surface area (Å²) in [6, 6.07) is 0. The second kappa shape index (κ2) is 19.6. The zero-order valence-electron chi connectivity index (χ0n) is 12.5. The van der Waals surface area contributed by atoms with Gasteiger partial charge in [-0.15, -0.1) is 0 Å². The van der Waals surface area contributed by atoms with E-state index in [4.69, 9.17) is 45.6 Å². The molecule has 0 saturated heterocycles. The molecule has 0 aromatic rings. The number of aliphatic hydroxyl groups excluding tert-OH is 8. The van der Waals surface area contributed by atoms with Crippen molar-refractivity contribution in [2.45, 2.75) is 38.3 Å². The molecule has 132 valence electrons. The molecule has 0 spiro atoms. The van der Waals surface area contributed by atoms with E-state index in [2.05, 4.69) is 0 Å². The fraction of sp³-hybridized carbons (Fsp3) is 1.00. The summed E-state index contributed by atoms with van der Waals surface area (Å²) in [6.07, 6.45) is -6.39. The van der Waals surface area contributed by atoms with Crippen molar-refractivity contribution < 1.29 is 45.6 Å². The Kier molecular flexibility index (Phi) is 23.9. The predicted octanol–water partition coefficient (Wildman–Crippen LogP) is -3.57. The number of aliphatic hydroxyl groups is 8. The first kappa shape index (κ1) is 25.6. The van der Waals surface area contributed by atoms with Crippen LogP contribution in [0.15, 0.2) is 0 Å². The second-order valence-corrected chi connectivity index (χ2v) is 3.71. The fourth-order valence-corrected chi connectivity index (χ4v) is 0.875. The normalized spacial score (nSPS) is 15.7. The highest BCUT2D eigenvalue weighted by molar-refractivity contribution is 4.79. The summed E-state index contributed by atoms with van der Waals surface area (Å²) in [7, 11) is 0. The van der Waals surface area contributed by atoms with E-state index >= 15 is 0 Å². The minimum atomic E-state index is -1.67. The molecule has 0 aliphatic rings. The third kappa shape index (κ3) is 17.6. The molecule has 9 nitrogen and oxygen atoms in total. The standard InChI is InChI=1S/C6H14O6.C4H10O.C2H6O2/c7-1-3(9)5(11)6(12)4(10)2-8;1-3-5-4-2;3-1-2-4/h3-12H,1-2H2;3-4H2,1-2H3;3-4H,1-2H2. The lowest BCUT2D eigenvalue weighted by Gasteiger charge is -2.24. The SMILES string of the molecule is CCOCC.OCC(O)C(O)C(O)C(O)CO.OCCO. The zero-order valence-corrected chi connectivity index (χ0v) is 12.5. The van der Waals surface area contributed by atoms with Crippen LogP contribution in [0, 0.1) is 0 Å². The second-order valence-electron chi connectivity index (χ2n) is 3.71. The van der Waals surface area contributed by atoms with Crippen LogP contribution in [-0.2, 0) is 4.74 Å². The van der Waals surface area contributed by atoms with Gasteiger partial charge in [-0.2, -0.15) is 0 Å². The fourth-order valence-electron chi connectivity index (χ4n) is 0.875. The van der Waals surface area contributed by atoms with Gasteiger partial charge in [-0.3, -0.25) is 0 Å². The average molecular weight is 318 g/mol. The van der Waals surface area contributed by atoms with E-state index < -0.39 is 37.6 Å². The molecular weight excluding hydrogens is 288 g/mol. The van der Waals surface area contributed by atoms with Gasteiger partial charge >= 0.3 is 0 Å². The van der Waals surface area contributed by atoms with E-state index in [1.807, 2.05) is 13.8 Å². The van der Waals surface area contributed by atoms with Crippen molar-refractivity contribution in [3.8, 4) is 0 Å². The minimum Gasteiger partial charge on any atom is -0.394 e. The van der Waals surface area contributed by atoms with Crippen molar-refractivity contribution in [3.05, 3.63) is 0 Å². The van der Waals surface area contributed by atoms with E-state index in [1.165, 1.54) is 0 Å². The molecule has 0 aromatic carbocycles. The summed E-state index contributed by atoms with van der Waals surface area (Å²) >= 11 is 0. The summed E-state index contributed by atoms with van der Waals surface area (Å²) in [5.41, 5.74) is 0. The summed E-state index contributed by atoms with van der Waals surface area (Å²) in [6.45, 7) is 3.97. The van der Waals surface area contributed by atoms with Gasteiger partial charge in [-0.05, 0) is 13.8 Å². The highest BCUT2D eigenvalue weighted by Crippen LogP contribution is 2.03. The number of hydrogen-bond donors (Lipinski definition) is 8. The van der Waals surface area contributed by atoms with Gasteiger partial charge in [0.15, 0.2) is 0 Å². The quantitative estimate of drug-likeness (QED) is 0.225. The van der Waals surface area contributed by atoms with E-state index in [0.717, 1.165) is 13.2 Å². The van der Waals surface area contributed by atoms with Crippen LogP contribution < -0.4 is 0 Å². The molecule has 4 unspecified atom stereocenters. The van der Waals surface area contributed by atoms with Gasteiger partial charge in [-0.25, -0.2) is 0 Å². The van der Waals surface area contributed by atoms with Crippen molar-refractivity contribution in [2.24, 2.45) is 0 Å². The molecular formula is C12H30O9. The Bertz CT molecular complexity index is 164. The Morgan fingerprint density at radius 1 is 0.667 bits per heavy atom. The molecule has 9 heteroatoms. The monoisotopic (exact) mass is 318 g/mol. The Labute approximate surface area is 124 Å². The van der Waals surface area contributed by atoms with Crippen molar-refractivity contribution in [3.63, 3.8) is 0 Å². The average Bonchev–Trinajstić information content (AvgIpc) is 2.53. The molecule has 0 saturated carbocycles. The third-order valence-corrected chi connectivity index (χ3v) is 2.02. The van der Waals surface area contributed by atoms with Gasteiger partial charge < -0.3 is 45.6 Å². The van der Waals surface area contributed by atoms with Crippen molar-refractivity contribution in [1.82, 2.24) is 0 Å². The van der Waals surface area contributed by atoms with E-state index in [-0.39, 0.29) is 13.2 Å². The summed E-state index contributed by atoms with van der Waals surface area (Å²) in [5.74, 6) is 0. The third-order valence-electron chi connectivity index (χ3n) is 2.02. The van der Waals surface area contributed by atoms with Crippen LogP contribution in [0.5, 0.6) is 0 Å². The number of ether oxygens (including phenoxy) is 1. The van der Waals surface area contributed by atoms with Gasteiger partial charge in [-0.1, -0.05) is 0 Å². The highest BCUT2D eigenvalue weighted by Gasteiger charge is 2.29. The van der Waals surface area contributed by atoms with Gasteiger partial charge in [0.2, 0.25) is 0 Å².